The summed E-state index contributed by atoms with van der Waals surface area (Å²) in [6.45, 7) is 1.97. The van der Waals surface area contributed by atoms with Gasteiger partial charge < -0.3 is 16.0 Å². The molecule has 0 aromatic heterocycles. The molecule has 1 aromatic rings. The predicted octanol–water partition coefficient (Wildman–Crippen LogP) is 0.965. The van der Waals surface area contributed by atoms with Gasteiger partial charge in [-0.05, 0) is 44.2 Å². The van der Waals surface area contributed by atoms with Crippen molar-refractivity contribution in [2.75, 3.05) is 31.6 Å². The first-order chi connectivity index (χ1) is 11.5. The lowest BCUT2D eigenvalue weighted by Crippen LogP contribution is -2.49. The average molecular weight is 330 g/mol. The number of nitrogens with one attached hydrogen (secondary N) is 1. The van der Waals surface area contributed by atoms with Crippen molar-refractivity contribution in [2.45, 2.75) is 37.8 Å². The zero-order valence-electron chi connectivity index (χ0n) is 14.2. The summed E-state index contributed by atoms with van der Waals surface area (Å²) in [5, 5.41) is 3.05. The molecule has 1 aliphatic heterocycles. The molecule has 0 spiro atoms. The number of benzene rings is 1. The fourth-order valence-electron chi connectivity index (χ4n) is 3.45. The number of likely N-dealkylation sites (N-methyl/N-ethyl adjacent to an activating group) is 1. The van der Waals surface area contributed by atoms with Crippen LogP contribution in [0.15, 0.2) is 24.3 Å². The Morgan fingerprint density at radius 3 is 2.54 bits per heavy atom. The van der Waals surface area contributed by atoms with Gasteiger partial charge in [-0.3, -0.25) is 14.5 Å². The van der Waals surface area contributed by atoms with Crippen LogP contribution in [0.1, 0.15) is 36.0 Å². The largest absolute Gasteiger partial charge is 0.348 e. The zero-order chi connectivity index (χ0) is 17.1. The van der Waals surface area contributed by atoms with E-state index in [1.54, 1.807) is 17.0 Å². The van der Waals surface area contributed by atoms with E-state index < -0.39 is 0 Å². The first-order valence-electron chi connectivity index (χ1n) is 8.70. The van der Waals surface area contributed by atoms with E-state index in [2.05, 4.69) is 5.32 Å². The van der Waals surface area contributed by atoms with Crippen LogP contribution in [0.5, 0.6) is 0 Å². The van der Waals surface area contributed by atoms with Crippen molar-refractivity contribution in [1.29, 1.82) is 0 Å². The SMILES string of the molecule is CN1CCN(c2ccc(C(=O)NC3CCCCC3N)cc2)C(=O)C1. The van der Waals surface area contributed by atoms with Crippen LogP contribution in [0.2, 0.25) is 0 Å². The molecule has 1 aromatic carbocycles. The third kappa shape index (κ3) is 3.76. The molecule has 130 valence electrons. The van der Waals surface area contributed by atoms with E-state index in [-0.39, 0.29) is 23.9 Å². The van der Waals surface area contributed by atoms with Gasteiger partial charge in [-0.1, -0.05) is 12.8 Å². The van der Waals surface area contributed by atoms with Crippen LogP contribution in [-0.4, -0.2) is 55.5 Å². The summed E-state index contributed by atoms with van der Waals surface area (Å²) in [6.07, 6.45) is 4.17. The molecule has 6 heteroatoms. The van der Waals surface area contributed by atoms with Crippen molar-refractivity contribution in [3.63, 3.8) is 0 Å². The summed E-state index contributed by atoms with van der Waals surface area (Å²) in [6, 6.07) is 7.36. The number of nitrogens with two attached hydrogens (primary N) is 1. The zero-order valence-corrected chi connectivity index (χ0v) is 14.2. The number of anilines is 1. The lowest BCUT2D eigenvalue weighted by molar-refractivity contribution is -0.120. The molecule has 2 fully saturated rings. The lowest BCUT2D eigenvalue weighted by Gasteiger charge is -2.32. The Morgan fingerprint density at radius 1 is 1.17 bits per heavy atom. The van der Waals surface area contributed by atoms with Crippen molar-refractivity contribution in [2.24, 2.45) is 5.73 Å². The van der Waals surface area contributed by atoms with Crippen LogP contribution in [0.4, 0.5) is 5.69 Å². The van der Waals surface area contributed by atoms with Crippen LogP contribution in [0.3, 0.4) is 0 Å². The van der Waals surface area contributed by atoms with Crippen LogP contribution in [0.25, 0.3) is 0 Å². The Kier molecular flexibility index (Phi) is 5.16. The van der Waals surface area contributed by atoms with Gasteiger partial charge in [0, 0.05) is 36.4 Å². The summed E-state index contributed by atoms with van der Waals surface area (Å²) in [5.74, 6) is 0.00253. The van der Waals surface area contributed by atoms with E-state index in [4.69, 9.17) is 5.73 Å². The summed E-state index contributed by atoms with van der Waals surface area (Å²) < 4.78 is 0. The predicted molar refractivity (Wildman–Crippen MR) is 94.0 cm³/mol. The normalized spacial score (nSPS) is 25.6. The number of piperazine rings is 1. The van der Waals surface area contributed by atoms with Crippen molar-refractivity contribution >= 4 is 17.5 Å². The molecule has 1 heterocycles. The lowest BCUT2D eigenvalue weighted by atomic mass is 9.91. The first kappa shape index (κ1) is 16.9. The summed E-state index contributed by atoms with van der Waals surface area (Å²) >= 11 is 0. The number of rotatable bonds is 3. The number of amides is 2. The maximum Gasteiger partial charge on any atom is 0.251 e. The Morgan fingerprint density at radius 2 is 1.88 bits per heavy atom. The van der Waals surface area contributed by atoms with Gasteiger partial charge >= 0.3 is 0 Å². The minimum absolute atomic E-state index is 0.0462. The number of nitrogens with zero attached hydrogens (tertiary/aromatic N) is 2. The fraction of sp³-hybridized carbons (Fsp3) is 0.556. The standard InChI is InChI=1S/C18H26N4O2/c1-21-10-11-22(17(23)12-21)14-8-6-13(7-9-14)18(24)20-16-5-3-2-4-15(16)19/h6-9,15-16H,2-5,10-12,19H2,1H3,(H,20,24). The van der Waals surface area contributed by atoms with Crippen LogP contribution >= 0.6 is 0 Å². The van der Waals surface area contributed by atoms with Gasteiger partial charge in [0.1, 0.15) is 0 Å². The van der Waals surface area contributed by atoms with E-state index in [9.17, 15) is 9.59 Å². The molecule has 3 rings (SSSR count). The van der Waals surface area contributed by atoms with E-state index in [0.717, 1.165) is 37.9 Å². The van der Waals surface area contributed by atoms with Gasteiger partial charge in [-0.15, -0.1) is 0 Å². The monoisotopic (exact) mass is 330 g/mol. The van der Waals surface area contributed by atoms with E-state index in [1.807, 2.05) is 24.1 Å². The highest BCUT2D eigenvalue weighted by molar-refractivity contribution is 5.97. The van der Waals surface area contributed by atoms with Crippen molar-refractivity contribution in [1.82, 2.24) is 10.2 Å². The molecule has 2 amide bonds. The smallest absolute Gasteiger partial charge is 0.251 e. The highest BCUT2D eigenvalue weighted by Crippen LogP contribution is 2.20. The van der Waals surface area contributed by atoms with E-state index >= 15 is 0 Å². The van der Waals surface area contributed by atoms with Crippen molar-refractivity contribution in [3.8, 4) is 0 Å². The molecule has 1 saturated carbocycles. The second kappa shape index (κ2) is 7.32. The topological polar surface area (TPSA) is 78.7 Å². The number of carbonyl (C=O) groups excluding carboxylic acids is 2. The Labute approximate surface area is 143 Å². The number of hydrogen-bond donors (Lipinski definition) is 2. The van der Waals surface area contributed by atoms with Crippen LogP contribution in [0, 0.1) is 0 Å². The third-order valence-corrected chi connectivity index (χ3v) is 4.99. The minimum Gasteiger partial charge on any atom is -0.348 e. The fourth-order valence-corrected chi connectivity index (χ4v) is 3.45. The molecule has 2 unspecified atom stereocenters. The maximum atomic E-state index is 12.4. The maximum absolute atomic E-state index is 12.4. The van der Waals surface area contributed by atoms with Crippen molar-refractivity contribution in [3.05, 3.63) is 29.8 Å². The first-order valence-corrected chi connectivity index (χ1v) is 8.70. The molecule has 3 N–H and O–H groups in total. The quantitative estimate of drug-likeness (QED) is 0.865. The molecule has 2 aliphatic rings. The molecule has 6 nitrogen and oxygen atoms in total. The van der Waals surface area contributed by atoms with E-state index in [0.29, 0.717) is 18.7 Å². The minimum atomic E-state index is -0.0893. The van der Waals surface area contributed by atoms with Gasteiger partial charge in [-0.25, -0.2) is 0 Å². The van der Waals surface area contributed by atoms with Gasteiger partial charge in [-0.2, -0.15) is 0 Å². The number of hydrogen-bond acceptors (Lipinski definition) is 4. The van der Waals surface area contributed by atoms with Gasteiger partial charge in [0.25, 0.3) is 5.91 Å². The Hall–Kier alpha value is -1.92. The second-order valence-electron chi connectivity index (χ2n) is 6.86. The molecule has 1 saturated heterocycles. The highest BCUT2D eigenvalue weighted by Gasteiger charge is 2.25. The molecule has 0 radical (unpaired) electrons. The molecule has 0 bridgehead atoms. The van der Waals surface area contributed by atoms with Gasteiger partial charge in [0.05, 0.1) is 6.54 Å². The van der Waals surface area contributed by atoms with Crippen molar-refractivity contribution < 1.29 is 9.59 Å². The average Bonchev–Trinajstić information content (AvgIpc) is 2.57. The van der Waals surface area contributed by atoms with E-state index in [1.165, 1.54) is 0 Å². The molecule has 24 heavy (non-hydrogen) atoms. The Balaban J connectivity index is 1.63. The Bertz CT molecular complexity index is 602. The molecular formula is C18H26N4O2. The van der Waals surface area contributed by atoms with Gasteiger partial charge in [0.2, 0.25) is 5.91 Å². The van der Waals surface area contributed by atoms with Gasteiger partial charge in [0.15, 0.2) is 0 Å². The number of carbonyl (C=O) groups is 2. The van der Waals surface area contributed by atoms with Crippen LogP contribution in [-0.2, 0) is 4.79 Å². The molecule has 2 atom stereocenters. The molecular weight excluding hydrogens is 304 g/mol. The highest BCUT2D eigenvalue weighted by atomic mass is 16.2. The third-order valence-electron chi connectivity index (χ3n) is 4.99. The summed E-state index contributed by atoms with van der Waals surface area (Å²) in [7, 11) is 1.94. The summed E-state index contributed by atoms with van der Waals surface area (Å²) in [5.41, 5.74) is 7.55. The molecule has 1 aliphatic carbocycles. The second-order valence-corrected chi connectivity index (χ2v) is 6.86. The van der Waals surface area contributed by atoms with Crippen LogP contribution < -0.4 is 16.0 Å². The summed E-state index contributed by atoms with van der Waals surface area (Å²) in [4.78, 5) is 28.3.